The fourth-order valence-corrected chi connectivity index (χ4v) is 5.01. The van der Waals surface area contributed by atoms with Gasteiger partial charge in [-0.05, 0) is 48.0 Å². The summed E-state index contributed by atoms with van der Waals surface area (Å²) < 4.78 is 24.2. The Bertz CT molecular complexity index is 1810. The highest BCUT2D eigenvalue weighted by Gasteiger charge is 2.27. The van der Waals surface area contributed by atoms with Crippen LogP contribution in [0.15, 0.2) is 79.0 Å². The van der Waals surface area contributed by atoms with Crippen molar-refractivity contribution < 1.29 is 38.7 Å². The normalized spacial score (nSPS) is 11.9. The van der Waals surface area contributed by atoms with Gasteiger partial charge in [-0.25, -0.2) is 14.6 Å². The van der Waals surface area contributed by atoms with Crippen LogP contribution in [0.3, 0.4) is 0 Å². The summed E-state index contributed by atoms with van der Waals surface area (Å²) in [6.07, 6.45) is 1.61. The first kappa shape index (κ1) is 25.8. The maximum atomic E-state index is 12.9. The molecular weight excluding hydrogens is 528 g/mol. The van der Waals surface area contributed by atoms with Gasteiger partial charge in [0, 0.05) is 34.3 Å². The molecule has 206 valence electrons. The van der Waals surface area contributed by atoms with Crippen LogP contribution in [0.1, 0.15) is 32.0 Å². The predicted octanol–water partition coefficient (Wildman–Crippen LogP) is 5.46. The van der Waals surface area contributed by atoms with Crippen molar-refractivity contribution in [3.8, 4) is 34.1 Å². The Balaban J connectivity index is 1.49. The van der Waals surface area contributed by atoms with Crippen LogP contribution in [-0.4, -0.2) is 45.6 Å². The van der Waals surface area contributed by atoms with Crippen LogP contribution >= 0.6 is 0 Å². The lowest BCUT2D eigenvalue weighted by Gasteiger charge is -2.15. The Morgan fingerprint density at radius 3 is 2.59 bits per heavy atom. The first-order valence-electron chi connectivity index (χ1n) is 12.7. The van der Waals surface area contributed by atoms with Crippen molar-refractivity contribution in [3.63, 3.8) is 0 Å². The van der Waals surface area contributed by atoms with Crippen molar-refractivity contribution in [3.05, 3.63) is 101 Å². The SMILES string of the molecule is COc1ccc(-c2c(C(=O)O)n(Cc3ccc4c(c3)OCO4)c3ncccc23)c(OCc2ccccc2C(=O)O)c1. The predicted molar refractivity (Wildman–Crippen MR) is 148 cm³/mol. The van der Waals surface area contributed by atoms with E-state index in [-0.39, 0.29) is 31.2 Å². The van der Waals surface area contributed by atoms with Crippen LogP contribution in [0.2, 0.25) is 0 Å². The molecule has 1 aliphatic heterocycles. The second-order valence-corrected chi connectivity index (χ2v) is 9.29. The number of fused-ring (bicyclic) bond motifs is 2. The maximum Gasteiger partial charge on any atom is 0.353 e. The fraction of sp³-hybridized carbons (Fsp3) is 0.129. The van der Waals surface area contributed by atoms with E-state index in [4.69, 9.17) is 18.9 Å². The number of carboxylic acid groups (broad SMARTS) is 2. The van der Waals surface area contributed by atoms with Crippen LogP contribution in [-0.2, 0) is 13.2 Å². The molecule has 6 rings (SSSR count). The molecule has 0 aliphatic carbocycles. The van der Waals surface area contributed by atoms with Crippen molar-refractivity contribution in [2.24, 2.45) is 0 Å². The summed E-state index contributed by atoms with van der Waals surface area (Å²) in [7, 11) is 1.52. The number of pyridine rings is 1. The quantitative estimate of drug-likeness (QED) is 0.245. The summed E-state index contributed by atoms with van der Waals surface area (Å²) >= 11 is 0. The zero-order chi connectivity index (χ0) is 28.5. The van der Waals surface area contributed by atoms with Crippen molar-refractivity contribution in [2.75, 3.05) is 13.9 Å². The lowest BCUT2D eigenvalue weighted by molar-refractivity contribution is 0.0679. The Kier molecular flexibility index (Phi) is 6.64. The lowest BCUT2D eigenvalue weighted by Crippen LogP contribution is -2.11. The van der Waals surface area contributed by atoms with E-state index in [9.17, 15) is 19.8 Å². The van der Waals surface area contributed by atoms with E-state index in [0.29, 0.717) is 50.7 Å². The van der Waals surface area contributed by atoms with Gasteiger partial charge in [0.1, 0.15) is 29.4 Å². The van der Waals surface area contributed by atoms with Crippen LogP contribution in [0.25, 0.3) is 22.2 Å². The zero-order valence-corrected chi connectivity index (χ0v) is 21.9. The molecule has 10 nitrogen and oxygen atoms in total. The Morgan fingerprint density at radius 2 is 1.78 bits per heavy atom. The van der Waals surface area contributed by atoms with E-state index < -0.39 is 11.9 Å². The van der Waals surface area contributed by atoms with Crippen molar-refractivity contribution in [1.29, 1.82) is 0 Å². The lowest BCUT2D eigenvalue weighted by atomic mass is 10.0. The summed E-state index contributed by atoms with van der Waals surface area (Å²) in [6, 6.07) is 20.7. The van der Waals surface area contributed by atoms with Crippen LogP contribution in [0.4, 0.5) is 0 Å². The largest absolute Gasteiger partial charge is 0.497 e. The van der Waals surface area contributed by atoms with E-state index in [1.807, 2.05) is 18.2 Å². The van der Waals surface area contributed by atoms with Gasteiger partial charge >= 0.3 is 11.9 Å². The molecule has 2 N–H and O–H groups in total. The van der Waals surface area contributed by atoms with E-state index in [1.54, 1.807) is 59.3 Å². The molecule has 1 aliphatic rings. The number of aromatic carboxylic acids is 2. The molecule has 2 aromatic heterocycles. The summed E-state index contributed by atoms with van der Waals surface area (Å²) in [5.74, 6) is -0.158. The molecule has 0 saturated carbocycles. The molecule has 0 unspecified atom stereocenters. The minimum Gasteiger partial charge on any atom is -0.497 e. The Labute approximate surface area is 233 Å². The average molecular weight is 553 g/mol. The minimum absolute atomic E-state index is 0.0253. The van der Waals surface area contributed by atoms with E-state index in [0.717, 1.165) is 5.56 Å². The molecule has 3 aromatic carbocycles. The van der Waals surface area contributed by atoms with Gasteiger partial charge in [0.2, 0.25) is 6.79 Å². The fourth-order valence-electron chi connectivity index (χ4n) is 5.01. The average Bonchev–Trinajstić information content (AvgIpc) is 3.58. The molecule has 0 spiro atoms. The van der Waals surface area contributed by atoms with Crippen molar-refractivity contribution in [2.45, 2.75) is 13.2 Å². The smallest absolute Gasteiger partial charge is 0.353 e. The Morgan fingerprint density at radius 1 is 0.951 bits per heavy atom. The number of benzene rings is 3. The topological polar surface area (TPSA) is 129 Å². The first-order valence-corrected chi connectivity index (χ1v) is 12.7. The number of rotatable bonds is 9. The third-order valence-corrected chi connectivity index (χ3v) is 6.89. The third kappa shape index (κ3) is 4.76. The van der Waals surface area contributed by atoms with Crippen LogP contribution in [0, 0.1) is 0 Å². The summed E-state index contributed by atoms with van der Waals surface area (Å²) in [4.78, 5) is 29.2. The number of methoxy groups -OCH3 is 1. The highest BCUT2D eigenvalue weighted by Crippen LogP contribution is 2.42. The van der Waals surface area contributed by atoms with Crippen LogP contribution in [0.5, 0.6) is 23.0 Å². The van der Waals surface area contributed by atoms with Gasteiger partial charge in [-0.1, -0.05) is 24.3 Å². The molecular formula is C31H24N2O8. The molecule has 0 fully saturated rings. The number of hydrogen-bond donors (Lipinski definition) is 2. The van der Waals surface area contributed by atoms with Gasteiger partial charge in [-0.3, -0.25) is 0 Å². The third-order valence-electron chi connectivity index (χ3n) is 6.89. The highest BCUT2D eigenvalue weighted by molar-refractivity contribution is 6.08. The van der Waals surface area contributed by atoms with Gasteiger partial charge < -0.3 is 33.7 Å². The molecule has 0 saturated heterocycles. The minimum atomic E-state index is -1.14. The molecule has 0 bridgehead atoms. The summed E-state index contributed by atoms with van der Waals surface area (Å²) in [5.41, 5.74) is 2.83. The molecule has 0 amide bonds. The van der Waals surface area contributed by atoms with E-state index in [1.165, 1.54) is 13.2 Å². The van der Waals surface area contributed by atoms with Gasteiger partial charge in [-0.15, -0.1) is 0 Å². The van der Waals surface area contributed by atoms with Crippen molar-refractivity contribution >= 4 is 23.0 Å². The molecule has 0 atom stereocenters. The number of hydrogen-bond acceptors (Lipinski definition) is 7. The van der Waals surface area contributed by atoms with Crippen LogP contribution < -0.4 is 18.9 Å². The second-order valence-electron chi connectivity index (χ2n) is 9.29. The number of aromatic nitrogens is 2. The first-order chi connectivity index (χ1) is 19.9. The Hall–Kier alpha value is -5.51. The standard InChI is InChI=1S/C31H24N2O8/c1-38-20-9-10-22(25(14-20)39-16-19-5-2-3-6-21(19)30(34)35)27-23-7-4-12-32-29(23)33(28(27)31(36)37)15-18-8-11-24-26(13-18)41-17-40-24/h2-14H,15-17H2,1H3,(H,34,35)(H,36,37). The van der Waals surface area contributed by atoms with E-state index in [2.05, 4.69) is 4.98 Å². The number of carbonyl (C=O) groups is 2. The highest BCUT2D eigenvalue weighted by atomic mass is 16.7. The number of carboxylic acids is 2. The zero-order valence-electron chi connectivity index (χ0n) is 21.9. The molecule has 0 radical (unpaired) electrons. The van der Waals surface area contributed by atoms with Gasteiger partial charge in [0.05, 0.1) is 19.2 Å². The number of ether oxygens (including phenoxy) is 4. The molecule has 3 heterocycles. The van der Waals surface area contributed by atoms with E-state index >= 15 is 0 Å². The van der Waals surface area contributed by atoms with Crippen molar-refractivity contribution in [1.82, 2.24) is 9.55 Å². The summed E-state index contributed by atoms with van der Waals surface area (Å²) in [6.45, 7) is 0.289. The van der Waals surface area contributed by atoms with Gasteiger partial charge in [-0.2, -0.15) is 0 Å². The number of nitrogens with zero attached hydrogens (tertiary/aromatic N) is 2. The monoisotopic (exact) mass is 552 g/mol. The molecule has 41 heavy (non-hydrogen) atoms. The van der Waals surface area contributed by atoms with Gasteiger partial charge in [0.15, 0.2) is 11.5 Å². The summed E-state index contributed by atoms with van der Waals surface area (Å²) in [5, 5.41) is 20.7. The second kappa shape index (κ2) is 10.6. The maximum absolute atomic E-state index is 12.9. The molecule has 5 aromatic rings. The van der Waals surface area contributed by atoms with Gasteiger partial charge in [0.25, 0.3) is 0 Å². The molecule has 10 heteroatoms.